The Morgan fingerprint density at radius 2 is 1.21 bits per heavy atom. The summed E-state index contributed by atoms with van der Waals surface area (Å²) in [5.74, 6) is 0.0110. The van der Waals surface area contributed by atoms with E-state index in [0.29, 0.717) is 5.56 Å². The molecule has 0 aliphatic rings. The molecule has 0 aliphatic carbocycles. The fourth-order valence-corrected chi connectivity index (χ4v) is 3.85. The topological polar surface area (TPSA) is 29.1 Å². The maximum absolute atomic E-state index is 12.0. The van der Waals surface area contributed by atoms with E-state index >= 15 is 0 Å². The van der Waals surface area contributed by atoms with E-state index in [-0.39, 0.29) is 5.91 Å². The highest BCUT2D eigenvalue weighted by molar-refractivity contribution is 7.80. The lowest BCUT2D eigenvalue weighted by Gasteiger charge is -2.06. The number of carbonyl (C=O) groups excluding carboxylic acids is 1. The summed E-state index contributed by atoms with van der Waals surface area (Å²) in [5, 5.41) is 3.00. The average molecular weight is 406 g/mol. The van der Waals surface area contributed by atoms with Crippen LogP contribution in [0, 0.1) is 0 Å². The summed E-state index contributed by atoms with van der Waals surface area (Å²) in [5.41, 5.74) is 0.698. The third-order valence-electron chi connectivity index (χ3n) is 5.42. The summed E-state index contributed by atoms with van der Waals surface area (Å²) < 4.78 is 0. The monoisotopic (exact) mass is 405 g/mol. The van der Waals surface area contributed by atoms with Crippen LogP contribution in [-0.4, -0.2) is 12.5 Å². The van der Waals surface area contributed by atoms with Crippen molar-refractivity contribution < 1.29 is 4.79 Å². The Morgan fingerprint density at radius 3 is 1.68 bits per heavy atom. The van der Waals surface area contributed by atoms with Gasteiger partial charge in [0.15, 0.2) is 0 Å². The van der Waals surface area contributed by atoms with Gasteiger partial charge in [0, 0.05) is 17.0 Å². The van der Waals surface area contributed by atoms with Crippen molar-refractivity contribution in [1.82, 2.24) is 5.32 Å². The SMILES string of the molecule is CCCCCCCCCCCCCCCCCCNC(=O)c1cccc(S)c1. The number of nitrogens with one attached hydrogen (secondary N) is 1. The molecule has 0 radical (unpaired) electrons. The van der Waals surface area contributed by atoms with E-state index in [0.717, 1.165) is 17.9 Å². The molecule has 0 saturated heterocycles. The largest absolute Gasteiger partial charge is 0.352 e. The normalized spacial score (nSPS) is 10.9. The van der Waals surface area contributed by atoms with Gasteiger partial charge >= 0.3 is 0 Å². The molecule has 1 N–H and O–H groups in total. The van der Waals surface area contributed by atoms with Crippen molar-refractivity contribution >= 4 is 18.5 Å². The van der Waals surface area contributed by atoms with Gasteiger partial charge in [-0.05, 0) is 24.6 Å². The second-order valence-electron chi connectivity index (χ2n) is 8.11. The van der Waals surface area contributed by atoms with Crippen molar-refractivity contribution in [3.8, 4) is 0 Å². The molecule has 0 heterocycles. The number of thiol groups is 1. The van der Waals surface area contributed by atoms with Crippen LogP contribution in [0.2, 0.25) is 0 Å². The lowest BCUT2D eigenvalue weighted by atomic mass is 10.0. The lowest BCUT2D eigenvalue weighted by Crippen LogP contribution is -2.24. The third-order valence-corrected chi connectivity index (χ3v) is 5.70. The first-order valence-electron chi connectivity index (χ1n) is 11.8. The minimum atomic E-state index is 0.0110. The highest BCUT2D eigenvalue weighted by Crippen LogP contribution is 2.13. The summed E-state index contributed by atoms with van der Waals surface area (Å²) in [7, 11) is 0. The van der Waals surface area contributed by atoms with Gasteiger partial charge in [0.05, 0.1) is 0 Å². The smallest absolute Gasteiger partial charge is 0.251 e. The van der Waals surface area contributed by atoms with Crippen LogP contribution in [0.25, 0.3) is 0 Å². The molecule has 0 atom stereocenters. The Balaban J connectivity index is 1.79. The fraction of sp³-hybridized carbons (Fsp3) is 0.720. The third kappa shape index (κ3) is 14.1. The van der Waals surface area contributed by atoms with E-state index in [1.165, 1.54) is 96.3 Å². The van der Waals surface area contributed by atoms with Crippen molar-refractivity contribution in [1.29, 1.82) is 0 Å². The van der Waals surface area contributed by atoms with Crippen LogP contribution in [0.4, 0.5) is 0 Å². The van der Waals surface area contributed by atoms with Gasteiger partial charge in [0.1, 0.15) is 0 Å². The molecule has 1 aromatic rings. The quantitative estimate of drug-likeness (QED) is 0.188. The van der Waals surface area contributed by atoms with Gasteiger partial charge in [-0.2, -0.15) is 0 Å². The Morgan fingerprint density at radius 1 is 0.750 bits per heavy atom. The van der Waals surface area contributed by atoms with Crippen LogP contribution >= 0.6 is 12.6 Å². The second-order valence-corrected chi connectivity index (χ2v) is 8.63. The molecular formula is C25H43NOS. The van der Waals surface area contributed by atoms with Gasteiger partial charge in [-0.15, -0.1) is 12.6 Å². The zero-order valence-electron chi connectivity index (χ0n) is 18.2. The zero-order valence-corrected chi connectivity index (χ0v) is 19.1. The first-order chi connectivity index (χ1) is 13.7. The predicted molar refractivity (Wildman–Crippen MR) is 126 cm³/mol. The Hall–Kier alpha value is -0.960. The molecule has 2 nitrogen and oxygen atoms in total. The number of carbonyl (C=O) groups is 1. The van der Waals surface area contributed by atoms with E-state index in [4.69, 9.17) is 0 Å². The molecule has 28 heavy (non-hydrogen) atoms. The number of amides is 1. The average Bonchev–Trinajstić information content (AvgIpc) is 2.70. The fourth-order valence-electron chi connectivity index (χ4n) is 3.62. The van der Waals surface area contributed by atoms with Crippen molar-refractivity contribution in [2.45, 2.75) is 115 Å². The van der Waals surface area contributed by atoms with Crippen molar-refractivity contribution in [3.05, 3.63) is 29.8 Å². The molecule has 0 bridgehead atoms. The van der Waals surface area contributed by atoms with Crippen LogP contribution in [0.15, 0.2) is 29.2 Å². The van der Waals surface area contributed by atoms with Crippen LogP contribution in [0.3, 0.4) is 0 Å². The summed E-state index contributed by atoms with van der Waals surface area (Å²) in [6.45, 7) is 3.05. The molecule has 0 fully saturated rings. The van der Waals surface area contributed by atoms with Gasteiger partial charge in [0.25, 0.3) is 5.91 Å². The van der Waals surface area contributed by atoms with Crippen molar-refractivity contribution in [2.24, 2.45) is 0 Å². The van der Waals surface area contributed by atoms with Gasteiger partial charge < -0.3 is 5.32 Å². The molecule has 0 spiro atoms. The van der Waals surface area contributed by atoms with Gasteiger partial charge in [-0.3, -0.25) is 4.79 Å². The summed E-state index contributed by atoms with van der Waals surface area (Å²) in [6.07, 6.45) is 21.9. The summed E-state index contributed by atoms with van der Waals surface area (Å²) >= 11 is 4.28. The summed E-state index contributed by atoms with van der Waals surface area (Å²) in [6, 6.07) is 7.40. The van der Waals surface area contributed by atoms with E-state index in [1.807, 2.05) is 24.3 Å². The molecule has 1 amide bonds. The van der Waals surface area contributed by atoms with E-state index in [1.54, 1.807) is 0 Å². The maximum Gasteiger partial charge on any atom is 0.251 e. The lowest BCUT2D eigenvalue weighted by molar-refractivity contribution is 0.0952. The van der Waals surface area contributed by atoms with Crippen LogP contribution in [0.5, 0.6) is 0 Å². The van der Waals surface area contributed by atoms with E-state index in [2.05, 4.69) is 24.9 Å². The highest BCUT2D eigenvalue weighted by atomic mass is 32.1. The Kier molecular flexibility index (Phi) is 16.2. The Bertz CT molecular complexity index is 503. The predicted octanol–water partition coefficient (Wildman–Crippen LogP) is 7.97. The molecule has 160 valence electrons. The zero-order chi connectivity index (χ0) is 20.3. The van der Waals surface area contributed by atoms with Gasteiger partial charge in [-0.25, -0.2) is 0 Å². The van der Waals surface area contributed by atoms with E-state index < -0.39 is 0 Å². The van der Waals surface area contributed by atoms with Gasteiger partial charge in [-0.1, -0.05) is 109 Å². The minimum Gasteiger partial charge on any atom is -0.352 e. The number of unbranched alkanes of at least 4 members (excludes halogenated alkanes) is 15. The summed E-state index contributed by atoms with van der Waals surface area (Å²) in [4.78, 5) is 12.8. The minimum absolute atomic E-state index is 0.0110. The van der Waals surface area contributed by atoms with Crippen LogP contribution in [-0.2, 0) is 0 Å². The number of benzene rings is 1. The molecule has 0 unspecified atom stereocenters. The molecule has 0 aliphatic heterocycles. The number of rotatable bonds is 18. The van der Waals surface area contributed by atoms with E-state index in [9.17, 15) is 4.79 Å². The number of hydrogen-bond acceptors (Lipinski definition) is 2. The van der Waals surface area contributed by atoms with Crippen molar-refractivity contribution in [2.75, 3.05) is 6.54 Å². The van der Waals surface area contributed by atoms with Gasteiger partial charge in [0.2, 0.25) is 0 Å². The van der Waals surface area contributed by atoms with Crippen molar-refractivity contribution in [3.63, 3.8) is 0 Å². The first-order valence-corrected chi connectivity index (χ1v) is 12.3. The molecule has 1 rings (SSSR count). The Labute approximate surface area is 179 Å². The first kappa shape index (κ1) is 25.1. The standard InChI is InChI=1S/C25H43NOS/c1-2-3-4-5-6-7-8-9-10-11-12-13-14-15-16-17-21-26-25(27)23-19-18-20-24(28)22-23/h18-20,22,28H,2-17,21H2,1H3,(H,26,27). The molecule has 3 heteroatoms. The molecule has 1 aromatic carbocycles. The molecule has 0 saturated carbocycles. The van der Waals surface area contributed by atoms with Crippen LogP contribution < -0.4 is 5.32 Å². The number of hydrogen-bond donors (Lipinski definition) is 2. The maximum atomic E-state index is 12.0. The second kappa shape index (κ2) is 18.1. The highest BCUT2D eigenvalue weighted by Gasteiger charge is 2.04. The van der Waals surface area contributed by atoms with Crippen LogP contribution in [0.1, 0.15) is 120 Å². The molecular weight excluding hydrogens is 362 g/mol. The molecule has 0 aromatic heterocycles.